The van der Waals surface area contributed by atoms with Crippen LogP contribution in [0.3, 0.4) is 0 Å². The molecule has 5 N–H and O–H groups in total. The van der Waals surface area contributed by atoms with Gasteiger partial charge in [-0.05, 0) is 5.92 Å². The van der Waals surface area contributed by atoms with Crippen molar-refractivity contribution in [1.82, 2.24) is 5.32 Å². The number of nitrogens with one attached hydrogen (secondary N) is 1. The highest BCUT2D eigenvalue weighted by molar-refractivity contribution is 5.83. The van der Waals surface area contributed by atoms with Gasteiger partial charge in [0.05, 0.1) is 6.61 Å². The number of hydrogen-bond donors (Lipinski definition) is 4. The van der Waals surface area contributed by atoms with Crippen LogP contribution in [-0.4, -0.2) is 41.5 Å². The number of nitrogens with zero attached hydrogens (tertiary/aromatic N) is 1. The van der Waals surface area contributed by atoms with Gasteiger partial charge in [-0.1, -0.05) is 19.0 Å². The van der Waals surface area contributed by atoms with Crippen molar-refractivity contribution >= 4 is 5.84 Å². The number of amidine groups is 1. The van der Waals surface area contributed by atoms with E-state index in [2.05, 4.69) is 10.5 Å². The van der Waals surface area contributed by atoms with Crippen molar-refractivity contribution in [3.8, 4) is 0 Å². The molecule has 0 amide bonds. The molecule has 0 spiro atoms. The Kier molecular flexibility index (Phi) is 6.25. The molecule has 5 nitrogen and oxygen atoms in total. The van der Waals surface area contributed by atoms with Gasteiger partial charge in [-0.15, -0.1) is 0 Å². The largest absolute Gasteiger partial charge is 0.409 e. The maximum Gasteiger partial charge on any atom is 0.400 e. The number of aliphatic hydroxyl groups is 1. The molecule has 0 aliphatic carbocycles. The van der Waals surface area contributed by atoms with Gasteiger partial charge in [0.15, 0.2) is 5.84 Å². The third-order valence-corrected chi connectivity index (χ3v) is 2.45. The third-order valence-electron chi connectivity index (χ3n) is 2.45. The number of rotatable bonds is 6. The molecule has 8 heteroatoms. The normalized spacial score (nSPS) is 17.2. The Morgan fingerprint density at radius 1 is 1.41 bits per heavy atom. The highest BCUT2D eigenvalue weighted by Crippen LogP contribution is 2.26. The molecule has 0 heterocycles. The molecule has 0 aliphatic heterocycles. The van der Waals surface area contributed by atoms with Crippen LogP contribution < -0.4 is 11.1 Å². The lowest BCUT2D eigenvalue weighted by Crippen LogP contribution is -2.47. The quantitative estimate of drug-likeness (QED) is 0.242. The van der Waals surface area contributed by atoms with Crippen LogP contribution in [0.15, 0.2) is 5.16 Å². The minimum atomic E-state index is -4.60. The van der Waals surface area contributed by atoms with Crippen LogP contribution >= 0.6 is 0 Å². The minimum absolute atomic E-state index is 0.0267. The predicted octanol–water partition coefficient (Wildman–Crippen LogP) is 0.518. The third kappa shape index (κ3) is 5.22. The molecule has 0 radical (unpaired) electrons. The summed E-state index contributed by atoms with van der Waals surface area (Å²) >= 11 is 0. The van der Waals surface area contributed by atoms with E-state index in [1.165, 1.54) is 0 Å². The summed E-state index contributed by atoms with van der Waals surface area (Å²) in [6.45, 7) is 2.71. The Hall–Kier alpha value is -1.02. The standard InChI is InChI=1S/C9H18F3N3O2/c1-5(2)7(4-16)14-3-6(8(13)15-17)9(10,11)12/h5-7,14,16-17H,3-4H2,1-2H3,(H2,13,15). The molecule has 0 aromatic carbocycles. The topological polar surface area (TPSA) is 90.9 Å². The lowest BCUT2D eigenvalue weighted by molar-refractivity contribution is -0.155. The number of alkyl halides is 3. The van der Waals surface area contributed by atoms with Crippen LogP contribution in [0.5, 0.6) is 0 Å². The zero-order valence-corrected chi connectivity index (χ0v) is 9.70. The molecule has 2 unspecified atom stereocenters. The van der Waals surface area contributed by atoms with Crippen molar-refractivity contribution in [2.45, 2.75) is 26.1 Å². The van der Waals surface area contributed by atoms with Gasteiger partial charge in [0, 0.05) is 12.6 Å². The minimum Gasteiger partial charge on any atom is -0.409 e. The second-order valence-electron chi connectivity index (χ2n) is 4.06. The number of oxime groups is 1. The molecule has 0 rings (SSSR count). The molecule has 102 valence electrons. The van der Waals surface area contributed by atoms with E-state index in [0.29, 0.717) is 0 Å². The van der Waals surface area contributed by atoms with Gasteiger partial charge < -0.3 is 21.4 Å². The fraction of sp³-hybridized carbons (Fsp3) is 0.889. The van der Waals surface area contributed by atoms with Gasteiger partial charge in [-0.25, -0.2) is 0 Å². The van der Waals surface area contributed by atoms with Crippen molar-refractivity contribution in [3.05, 3.63) is 0 Å². The maximum atomic E-state index is 12.5. The van der Waals surface area contributed by atoms with E-state index in [4.69, 9.17) is 16.0 Å². The van der Waals surface area contributed by atoms with E-state index in [1.807, 2.05) is 0 Å². The van der Waals surface area contributed by atoms with E-state index in [1.54, 1.807) is 13.8 Å². The fourth-order valence-electron chi connectivity index (χ4n) is 1.24. The van der Waals surface area contributed by atoms with E-state index < -0.39 is 30.5 Å². The van der Waals surface area contributed by atoms with Crippen molar-refractivity contribution in [1.29, 1.82) is 0 Å². The van der Waals surface area contributed by atoms with Crippen LogP contribution in [0.25, 0.3) is 0 Å². The van der Waals surface area contributed by atoms with Gasteiger partial charge in [0.1, 0.15) is 5.92 Å². The predicted molar refractivity (Wildman–Crippen MR) is 56.7 cm³/mol. The van der Waals surface area contributed by atoms with E-state index in [0.717, 1.165) is 0 Å². The molecular weight excluding hydrogens is 239 g/mol. The zero-order valence-electron chi connectivity index (χ0n) is 9.70. The smallest absolute Gasteiger partial charge is 0.400 e. The van der Waals surface area contributed by atoms with Gasteiger partial charge in [-0.3, -0.25) is 0 Å². The van der Waals surface area contributed by atoms with Crippen LogP contribution in [-0.2, 0) is 0 Å². The van der Waals surface area contributed by atoms with Crippen molar-refractivity contribution in [3.63, 3.8) is 0 Å². The summed E-state index contributed by atoms with van der Waals surface area (Å²) in [4.78, 5) is 0. The Morgan fingerprint density at radius 2 is 1.94 bits per heavy atom. The molecule has 0 aromatic heterocycles. The summed E-state index contributed by atoms with van der Waals surface area (Å²) < 4.78 is 37.6. The first-order valence-electron chi connectivity index (χ1n) is 5.12. The summed E-state index contributed by atoms with van der Waals surface area (Å²) in [6, 6.07) is -0.466. The first-order chi connectivity index (χ1) is 7.73. The number of nitrogens with two attached hydrogens (primary N) is 1. The average molecular weight is 257 g/mol. The Morgan fingerprint density at radius 3 is 2.24 bits per heavy atom. The second kappa shape index (κ2) is 6.65. The summed E-state index contributed by atoms with van der Waals surface area (Å²) in [5.41, 5.74) is 4.98. The van der Waals surface area contributed by atoms with E-state index >= 15 is 0 Å². The summed E-state index contributed by atoms with van der Waals surface area (Å²) in [5, 5.41) is 22.2. The highest BCUT2D eigenvalue weighted by atomic mass is 19.4. The molecule has 0 aromatic rings. The number of halogens is 3. The summed E-state index contributed by atoms with van der Waals surface area (Å²) in [6.07, 6.45) is -4.60. The molecule has 0 saturated carbocycles. The van der Waals surface area contributed by atoms with Crippen LogP contribution in [0, 0.1) is 11.8 Å². The second-order valence-corrected chi connectivity index (χ2v) is 4.06. The van der Waals surface area contributed by atoms with E-state index in [9.17, 15) is 13.2 Å². The van der Waals surface area contributed by atoms with Gasteiger partial charge in [-0.2, -0.15) is 13.2 Å². The average Bonchev–Trinajstić information content (AvgIpc) is 2.21. The van der Waals surface area contributed by atoms with Crippen LogP contribution in [0.2, 0.25) is 0 Å². The van der Waals surface area contributed by atoms with Crippen molar-refractivity contribution in [2.75, 3.05) is 13.2 Å². The van der Waals surface area contributed by atoms with Crippen molar-refractivity contribution in [2.24, 2.45) is 22.7 Å². The van der Waals surface area contributed by atoms with Gasteiger partial charge in [0.25, 0.3) is 0 Å². The zero-order chi connectivity index (χ0) is 13.6. The lowest BCUT2D eigenvalue weighted by Gasteiger charge is -2.24. The van der Waals surface area contributed by atoms with Gasteiger partial charge >= 0.3 is 6.18 Å². The van der Waals surface area contributed by atoms with Gasteiger partial charge in [0.2, 0.25) is 0 Å². The Bertz CT molecular complexity index is 256. The summed E-state index contributed by atoms with van der Waals surface area (Å²) in [7, 11) is 0. The molecule has 0 fully saturated rings. The van der Waals surface area contributed by atoms with Crippen LogP contribution in [0.1, 0.15) is 13.8 Å². The molecule has 2 atom stereocenters. The molecular formula is C9H18F3N3O2. The number of hydrogen-bond acceptors (Lipinski definition) is 4. The first-order valence-corrected chi connectivity index (χ1v) is 5.12. The molecule has 0 bridgehead atoms. The Balaban J connectivity index is 4.57. The monoisotopic (exact) mass is 257 g/mol. The highest BCUT2D eigenvalue weighted by Gasteiger charge is 2.42. The molecule has 17 heavy (non-hydrogen) atoms. The lowest BCUT2D eigenvalue weighted by atomic mass is 10.0. The van der Waals surface area contributed by atoms with Crippen molar-refractivity contribution < 1.29 is 23.5 Å². The summed E-state index contributed by atoms with van der Waals surface area (Å²) in [5.74, 6) is -2.99. The van der Waals surface area contributed by atoms with Crippen LogP contribution in [0.4, 0.5) is 13.2 Å². The number of aliphatic hydroxyl groups excluding tert-OH is 1. The first kappa shape index (κ1) is 16.0. The molecule has 0 aliphatic rings. The SMILES string of the molecule is CC(C)C(CO)NCC(C(N)=NO)C(F)(F)F. The fourth-order valence-corrected chi connectivity index (χ4v) is 1.24. The van der Waals surface area contributed by atoms with E-state index in [-0.39, 0.29) is 12.5 Å². The molecule has 0 saturated heterocycles. The Labute approximate surface area is 97.5 Å². The maximum absolute atomic E-state index is 12.5.